The molecule has 0 N–H and O–H groups in total. The number of hydrogen-bond donors (Lipinski definition) is 0. The zero-order chi connectivity index (χ0) is 25.0. The highest BCUT2D eigenvalue weighted by molar-refractivity contribution is 6.78. The van der Waals surface area contributed by atoms with Gasteiger partial charge in [-0.15, -0.1) is 0 Å². The molecule has 3 atom stereocenters. The topological polar surface area (TPSA) is 31.0 Å². The van der Waals surface area contributed by atoms with Gasteiger partial charge in [-0.25, -0.2) is 0 Å². The summed E-state index contributed by atoms with van der Waals surface area (Å²) >= 11 is 0. The van der Waals surface area contributed by atoms with Crippen molar-refractivity contribution in [1.82, 2.24) is 0 Å². The molecule has 32 heavy (non-hydrogen) atoms. The molecular weight excluding hydrogens is 445 g/mol. The maximum atomic E-state index is 6.82. The molecule has 3 unspecified atom stereocenters. The second-order valence-electron chi connectivity index (χ2n) is 13.6. The van der Waals surface area contributed by atoms with Crippen LogP contribution in [0.3, 0.4) is 0 Å². The number of ether oxygens (including phenoxy) is 1. The first-order chi connectivity index (χ1) is 14.3. The quantitative estimate of drug-likeness (QED) is 0.117. The molecule has 0 aliphatic carbocycles. The molecule has 1 aliphatic rings. The van der Waals surface area contributed by atoms with Crippen LogP contribution in [0, 0.1) is 0 Å². The van der Waals surface area contributed by atoms with Crippen molar-refractivity contribution in [1.29, 1.82) is 0 Å². The second kappa shape index (κ2) is 11.2. The van der Waals surface area contributed by atoms with Crippen molar-refractivity contribution < 1.29 is 13.6 Å². The van der Waals surface area contributed by atoms with Crippen molar-refractivity contribution in [2.45, 2.75) is 135 Å². The highest BCUT2D eigenvalue weighted by Crippen LogP contribution is 2.42. The molecule has 0 spiro atoms. The lowest BCUT2D eigenvalue weighted by Crippen LogP contribution is -2.46. The van der Waals surface area contributed by atoms with Crippen LogP contribution in [0.5, 0.6) is 0 Å². The minimum Gasteiger partial charge on any atom is -0.417 e. The third-order valence-electron chi connectivity index (χ3n) is 7.53. The van der Waals surface area contributed by atoms with Crippen molar-refractivity contribution >= 4 is 24.7 Å². The molecule has 1 fully saturated rings. The van der Waals surface area contributed by atoms with E-state index in [0.717, 1.165) is 25.9 Å². The highest BCUT2D eigenvalue weighted by Gasteiger charge is 2.54. The molecule has 1 saturated heterocycles. The molecule has 3 nitrogen and oxygen atoms in total. The van der Waals surface area contributed by atoms with E-state index >= 15 is 0 Å². The third kappa shape index (κ3) is 9.34. The lowest BCUT2D eigenvalue weighted by atomic mass is 10.2. The van der Waals surface area contributed by atoms with Crippen LogP contribution in [0.15, 0.2) is 24.3 Å². The summed E-state index contributed by atoms with van der Waals surface area (Å²) in [5.41, 5.74) is 0.437. The second-order valence-corrected chi connectivity index (χ2v) is 28.5. The van der Waals surface area contributed by atoms with Crippen molar-refractivity contribution in [3.05, 3.63) is 24.3 Å². The lowest BCUT2D eigenvalue weighted by Gasteiger charge is -2.39. The molecule has 0 aromatic carbocycles. The summed E-state index contributed by atoms with van der Waals surface area (Å²) in [4.78, 5) is 0. The first-order valence-electron chi connectivity index (χ1n) is 12.6. The predicted molar refractivity (Wildman–Crippen MR) is 149 cm³/mol. The van der Waals surface area contributed by atoms with Gasteiger partial charge < -0.3 is 13.6 Å². The van der Waals surface area contributed by atoms with Gasteiger partial charge in [0.25, 0.3) is 0 Å². The van der Waals surface area contributed by atoms with Gasteiger partial charge >= 0.3 is 0 Å². The van der Waals surface area contributed by atoms with E-state index in [1.54, 1.807) is 0 Å². The Bertz CT molecular complexity index is 634. The number of rotatable bonds is 12. The van der Waals surface area contributed by atoms with Gasteiger partial charge in [0.2, 0.25) is 0 Å². The fourth-order valence-corrected chi connectivity index (χ4v) is 7.29. The largest absolute Gasteiger partial charge is 0.417 e. The normalized spacial score (nSPS) is 22.2. The summed E-state index contributed by atoms with van der Waals surface area (Å²) < 4.78 is 19.2. The Balaban J connectivity index is 2.54. The minimum absolute atomic E-state index is 0.186. The van der Waals surface area contributed by atoms with Crippen LogP contribution in [0.1, 0.15) is 60.8 Å². The first-order valence-corrected chi connectivity index (χ1v) is 22.0. The smallest absolute Gasteiger partial charge is 0.192 e. The van der Waals surface area contributed by atoms with E-state index in [0.29, 0.717) is 5.73 Å². The summed E-state index contributed by atoms with van der Waals surface area (Å²) in [5.74, 6) is 0. The molecule has 1 rings (SSSR count). The average Bonchev–Trinajstić information content (AvgIpc) is 3.38. The van der Waals surface area contributed by atoms with Gasteiger partial charge in [-0.05, 0) is 55.5 Å². The van der Waals surface area contributed by atoms with Crippen molar-refractivity contribution in [2.75, 3.05) is 6.61 Å². The molecule has 0 aromatic rings. The van der Waals surface area contributed by atoms with Crippen LogP contribution in [0.25, 0.3) is 0 Å². The summed E-state index contributed by atoms with van der Waals surface area (Å²) in [6, 6.07) is 0. The number of epoxide rings is 1. The molecular formula is C26H54O3Si3. The van der Waals surface area contributed by atoms with Gasteiger partial charge in [-0.1, -0.05) is 85.5 Å². The molecule has 0 amide bonds. The zero-order valence-electron chi connectivity index (χ0n) is 23.6. The Labute approximate surface area is 203 Å². The third-order valence-corrected chi connectivity index (χ3v) is 18.7. The van der Waals surface area contributed by atoms with Crippen molar-refractivity contribution in [3.63, 3.8) is 0 Å². The van der Waals surface area contributed by atoms with Crippen molar-refractivity contribution in [3.8, 4) is 0 Å². The standard InChI is InChI=1S/C26H54O3Si3/c1-25(2,3)31(10,11)27-21-19-17-15-14-16-18-20-22(23-24(28-23)30(7,8)9)29-32(12,13)26(4,5)6/h15-18,22-24H,14,19-21H2,1-13H3/b17-15-,18-16-. The van der Waals surface area contributed by atoms with E-state index in [1.165, 1.54) is 0 Å². The molecule has 0 saturated carbocycles. The van der Waals surface area contributed by atoms with Crippen LogP contribution in [0.2, 0.25) is 55.9 Å². The summed E-state index contributed by atoms with van der Waals surface area (Å²) in [6.45, 7) is 31.2. The number of hydrogen-bond acceptors (Lipinski definition) is 3. The average molecular weight is 499 g/mol. The summed E-state index contributed by atoms with van der Waals surface area (Å²) in [7, 11) is -4.75. The Morgan fingerprint density at radius 3 is 1.78 bits per heavy atom. The van der Waals surface area contributed by atoms with Gasteiger partial charge in [0.15, 0.2) is 16.6 Å². The van der Waals surface area contributed by atoms with E-state index in [4.69, 9.17) is 13.6 Å². The SMILES string of the molecule is CC(C)(C)[Si](C)(C)OCC/C=C\C/C=C\CC(O[Si](C)(C)C(C)(C)C)C1OC1[Si](C)(C)C. The van der Waals surface area contributed by atoms with Crippen molar-refractivity contribution in [2.24, 2.45) is 0 Å². The molecule has 0 radical (unpaired) electrons. The van der Waals surface area contributed by atoms with Gasteiger partial charge in [0.1, 0.15) is 6.10 Å². The van der Waals surface area contributed by atoms with E-state index in [-0.39, 0.29) is 22.3 Å². The minimum atomic E-state index is -1.82. The fraction of sp³-hybridized carbons (Fsp3) is 0.846. The first kappa shape index (κ1) is 30.0. The van der Waals surface area contributed by atoms with Gasteiger partial charge in [0.05, 0.1) is 19.9 Å². The predicted octanol–water partition coefficient (Wildman–Crippen LogP) is 8.33. The molecule has 0 bridgehead atoms. The van der Waals surface area contributed by atoms with Gasteiger partial charge in [-0.2, -0.15) is 0 Å². The van der Waals surface area contributed by atoms with Gasteiger partial charge in [-0.3, -0.25) is 0 Å². The van der Waals surface area contributed by atoms with Crippen LogP contribution in [-0.2, 0) is 13.6 Å². The maximum Gasteiger partial charge on any atom is 0.192 e. The summed E-state index contributed by atoms with van der Waals surface area (Å²) in [5, 5.41) is 0.496. The molecule has 188 valence electrons. The van der Waals surface area contributed by atoms with Gasteiger partial charge in [0, 0.05) is 6.61 Å². The van der Waals surface area contributed by atoms with Crippen LogP contribution >= 0.6 is 0 Å². The number of allylic oxidation sites excluding steroid dienone is 2. The van der Waals surface area contributed by atoms with E-state index < -0.39 is 24.7 Å². The molecule has 1 heterocycles. The maximum absolute atomic E-state index is 6.82. The van der Waals surface area contributed by atoms with Crippen LogP contribution < -0.4 is 0 Å². The monoisotopic (exact) mass is 498 g/mol. The molecule has 1 aliphatic heterocycles. The lowest BCUT2D eigenvalue weighted by molar-refractivity contribution is 0.145. The van der Waals surface area contributed by atoms with Crippen LogP contribution in [-0.4, -0.2) is 49.3 Å². The van der Waals surface area contributed by atoms with E-state index in [9.17, 15) is 0 Å². The molecule has 6 heteroatoms. The highest BCUT2D eigenvalue weighted by atomic mass is 28.4. The van der Waals surface area contributed by atoms with E-state index in [2.05, 4.69) is 112 Å². The zero-order valence-corrected chi connectivity index (χ0v) is 26.6. The fourth-order valence-electron chi connectivity index (χ4n) is 3.13. The Morgan fingerprint density at radius 1 is 0.781 bits per heavy atom. The molecule has 0 aromatic heterocycles. The van der Waals surface area contributed by atoms with E-state index in [1.807, 2.05) is 0 Å². The Kier molecular flexibility index (Phi) is 10.5. The summed E-state index contributed by atoms with van der Waals surface area (Å²) in [6.07, 6.45) is 12.5. The Morgan fingerprint density at radius 2 is 1.31 bits per heavy atom. The Hall–Kier alpha value is 0.0106. The van der Waals surface area contributed by atoms with Crippen LogP contribution in [0.4, 0.5) is 0 Å².